The lowest BCUT2D eigenvalue weighted by Gasteiger charge is -2.07. The van der Waals surface area contributed by atoms with Crippen molar-refractivity contribution >= 4 is 43.1 Å². The highest BCUT2D eigenvalue weighted by Gasteiger charge is 2.09. The van der Waals surface area contributed by atoms with Crippen molar-refractivity contribution in [1.82, 2.24) is 0 Å². The Hall–Kier alpha value is -1.09. The van der Waals surface area contributed by atoms with Gasteiger partial charge in [0.1, 0.15) is 0 Å². The van der Waals surface area contributed by atoms with Crippen molar-refractivity contribution in [3.8, 4) is 0 Å². The minimum Gasteiger partial charge on any atom is -0.396 e. The molecule has 0 saturated heterocycles. The number of halogens is 1. The molecule has 1 aromatic heterocycles. The lowest BCUT2D eigenvalue weighted by atomic mass is 10.0. The molecule has 18 heavy (non-hydrogen) atoms. The van der Waals surface area contributed by atoms with Crippen molar-refractivity contribution in [1.29, 1.82) is 0 Å². The summed E-state index contributed by atoms with van der Waals surface area (Å²) in [5.41, 5.74) is 1.18. The smallest absolute Gasteiger partial charge is 0.0497 e. The summed E-state index contributed by atoms with van der Waals surface area (Å²) < 4.78 is 2.51. The maximum atomic E-state index is 9.22. The maximum absolute atomic E-state index is 9.22. The molecule has 0 radical (unpaired) electrons. The third kappa shape index (κ3) is 1.91. The van der Waals surface area contributed by atoms with E-state index in [1.54, 1.807) is 11.3 Å². The molecule has 0 aliphatic heterocycles. The number of hydrogen-bond donors (Lipinski definition) is 1. The minimum absolute atomic E-state index is 0.183. The Labute approximate surface area is 115 Å². The number of fused-ring (bicyclic) bond motifs is 3. The first kappa shape index (κ1) is 12.0. The highest BCUT2D eigenvalue weighted by Crippen LogP contribution is 2.36. The van der Waals surface area contributed by atoms with Gasteiger partial charge in [-0.25, -0.2) is 0 Å². The first-order valence-electron chi connectivity index (χ1n) is 5.91. The Morgan fingerprint density at radius 2 is 1.94 bits per heavy atom. The van der Waals surface area contributed by atoms with Gasteiger partial charge in [0.15, 0.2) is 0 Å². The van der Waals surface area contributed by atoms with Gasteiger partial charge >= 0.3 is 0 Å². The molecule has 0 spiro atoms. The second-order valence-electron chi connectivity index (χ2n) is 4.58. The number of aliphatic hydroxyl groups is 1. The second-order valence-corrected chi connectivity index (χ2v) is 6.10. The van der Waals surface area contributed by atoms with E-state index in [-0.39, 0.29) is 12.5 Å². The molecule has 0 saturated carbocycles. The van der Waals surface area contributed by atoms with Crippen LogP contribution in [0.15, 0.2) is 36.4 Å². The second kappa shape index (κ2) is 4.54. The average molecular weight is 277 g/mol. The van der Waals surface area contributed by atoms with Crippen molar-refractivity contribution in [3.63, 3.8) is 0 Å². The molecule has 3 heteroatoms. The SMILES string of the molecule is CC(CO)c1ccc2c(c1)sc1ccc(Cl)cc12. The van der Waals surface area contributed by atoms with Crippen molar-refractivity contribution in [3.05, 3.63) is 47.0 Å². The van der Waals surface area contributed by atoms with Gasteiger partial charge in [0.05, 0.1) is 0 Å². The molecule has 0 bridgehead atoms. The van der Waals surface area contributed by atoms with Gasteiger partial charge in [0, 0.05) is 37.7 Å². The van der Waals surface area contributed by atoms with Gasteiger partial charge < -0.3 is 5.11 Å². The Morgan fingerprint density at radius 1 is 1.11 bits per heavy atom. The summed E-state index contributed by atoms with van der Waals surface area (Å²) in [5.74, 6) is 0.184. The quantitative estimate of drug-likeness (QED) is 0.712. The van der Waals surface area contributed by atoms with E-state index in [0.29, 0.717) is 0 Å². The van der Waals surface area contributed by atoms with Crippen LogP contribution in [-0.4, -0.2) is 11.7 Å². The molecular weight excluding hydrogens is 264 g/mol. The predicted octanol–water partition coefficient (Wildman–Crippen LogP) is 4.80. The Morgan fingerprint density at radius 3 is 2.72 bits per heavy atom. The summed E-state index contributed by atoms with van der Waals surface area (Å²) in [5, 5.41) is 12.5. The topological polar surface area (TPSA) is 20.2 Å². The van der Waals surface area contributed by atoms with Gasteiger partial charge in [-0.15, -0.1) is 11.3 Å². The molecule has 2 aromatic carbocycles. The van der Waals surface area contributed by atoms with E-state index < -0.39 is 0 Å². The van der Waals surface area contributed by atoms with Crippen molar-refractivity contribution < 1.29 is 5.11 Å². The van der Waals surface area contributed by atoms with Gasteiger partial charge in [-0.2, -0.15) is 0 Å². The fourth-order valence-electron chi connectivity index (χ4n) is 2.18. The molecule has 1 heterocycles. The largest absolute Gasteiger partial charge is 0.396 e. The Balaban J connectivity index is 2.27. The van der Waals surface area contributed by atoms with E-state index in [0.717, 1.165) is 5.02 Å². The fraction of sp³-hybridized carbons (Fsp3) is 0.200. The molecule has 1 N–H and O–H groups in total. The average Bonchev–Trinajstić information content (AvgIpc) is 2.74. The zero-order valence-corrected chi connectivity index (χ0v) is 11.6. The van der Waals surface area contributed by atoms with E-state index in [1.165, 1.54) is 25.7 Å². The van der Waals surface area contributed by atoms with Gasteiger partial charge in [0.25, 0.3) is 0 Å². The molecule has 0 fully saturated rings. The van der Waals surface area contributed by atoms with Gasteiger partial charge in [-0.3, -0.25) is 0 Å². The van der Waals surface area contributed by atoms with Crippen LogP contribution in [0, 0.1) is 0 Å². The number of aliphatic hydroxyl groups excluding tert-OH is 1. The minimum atomic E-state index is 0.183. The molecule has 1 unspecified atom stereocenters. The van der Waals surface area contributed by atoms with Crippen LogP contribution in [-0.2, 0) is 0 Å². The third-order valence-corrected chi connectivity index (χ3v) is 4.67. The van der Waals surface area contributed by atoms with Crippen LogP contribution < -0.4 is 0 Å². The highest BCUT2D eigenvalue weighted by atomic mass is 35.5. The van der Waals surface area contributed by atoms with Crippen LogP contribution in [0.5, 0.6) is 0 Å². The standard InChI is InChI=1S/C15H13ClOS/c1-9(8-17)10-2-4-12-13-7-11(16)3-5-14(13)18-15(12)6-10/h2-7,9,17H,8H2,1H3. The lowest BCUT2D eigenvalue weighted by molar-refractivity contribution is 0.273. The van der Waals surface area contributed by atoms with Crippen LogP contribution in [0.1, 0.15) is 18.4 Å². The first-order valence-corrected chi connectivity index (χ1v) is 7.11. The molecule has 0 aliphatic carbocycles. The number of rotatable bonds is 2. The first-order chi connectivity index (χ1) is 8.69. The van der Waals surface area contributed by atoms with Crippen LogP contribution in [0.2, 0.25) is 5.02 Å². The predicted molar refractivity (Wildman–Crippen MR) is 79.8 cm³/mol. The lowest BCUT2D eigenvalue weighted by Crippen LogP contribution is -1.97. The number of thiophene rings is 1. The Kier molecular flexibility index (Phi) is 3.02. The van der Waals surface area contributed by atoms with Crippen LogP contribution in [0.3, 0.4) is 0 Å². The number of benzene rings is 2. The third-order valence-electron chi connectivity index (χ3n) is 3.30. The summed E-state index contributed by atoms with van der Waals surface area (Å²) in [7, 11) is 0. The molecule has 3 aromatic rings. The molecule has 1 atom stereocenters. The van der Waals surface area contributed by atoms with Crippen molar-refractivity contribution in [2.24, 2.45) is 0 Å². The van der Waals surface area contributed by atoms with Crippen LogP contribution >= 0.6 is 22.9 Å². The summed E-state index contributed by atoms with van der Waals surface area (Å²) in [6.45, 7) is 2.22. The molecule has 3 rings (SSSR count). The zero-order chi connectivity index (χ0) is 12.7. The molecule has 1 nitrogen and oxygen atoms in total. The van der Waals surface area contributed by atoms with E-state index in [4.69, 9.17) is 11.6 Å². The maximum Gasteiger partial charge on any atom is 0.0497 e. The molecule has 92 valence electrons. The van der Waals surface area contributed by atoms with Crippen molar-refractivity contribution in [2.45, 2.75) is 12.8 Å². The molecule has 0 amide bonds. The highest BCUT2D eigenvalue weighted by molar-refractivity contribution is 7.25. The van der Waals surface area contributed by atoms with Crippen LogP contribution in [0.25, 0.3) is 20.2 Å². The normalized spacial score (nSPS) is 13.3. The summed E-state index contributed by atoms with van der Waals surface area (Å²) in [6, 6.07) is 12.4. The summed E-state index contributed by atoms with van der Waals surface area (Å²) >= 11 is 7.82. The summed E-state index contributed by atoms with van der Waals surface area (Å²) in [6.07, 6.45) is 0. The van der Waals surface area contributed by atoms with E-state index in [1.807, 2.05) is 19.1 Å². The fourth-order valence-corrected chi connectivity index (χ4v) is 3.48. The molecule has 0 aliphatic rings. The van der Waals surface area contributed by atoms with Crippen molar-refractivity contribution in [2.75, 3.05) is 6.61 Å². The van der Waals surface area contributed by atoms with Gasteiger partial charge in [-0.1, -0.05) is 30.7 Å². The van der Waals surface area contributed by atoms with E-state index in [9.17, 15) is 5.11 Å². The van der Waals surface area contributed by atoms with E-state index in [2.05, 4.69) is 24.3 Å². The Bertz CT molecular complexity index is 717. The van der Waals surface area contributed by atoms with Crippen LogP contribution in [0.4, 0.5) is 0 Å². The monoisotopic (exact) mass is 276 g/mol. The number of hydrogen-bond acceptors (Lipinski definition) is 2. The molecular formula is C15H13ClOS. The zero-order valence-electron chi connectivity index (χ0n) is 9.98. The van der Waals surface area contributed by atoms with Gasteiger partial charge in [-0.05, 0) is 29.8 Å². The summed E-state index contributed by atoms with van der Waals surface area (Å²) in [4.78, 5) is 0. The van der Waals surface area contributed by atoms with E-state index >= 15 is 0 Å². The van der Waals surface area contributed by atoms with Gasteiger partial charge in [0.2, 0.25) is 0 Å².